The lowest BCUT2D eigenvalue weighted by molar-refractivity contribution is 0.0952. The first-order valence-electron chi connectivity index (χ1n) is 15.9. The normalized spacial score (nSPS) is 14.4. The lowest BCUT2D eigenvalue weighted by Crippen LogP contribution is -2.47. The van der Waals surface area contributed by atoms with Crippen molar-refractivity contribution in [3.05, 3.63) is 23.9 Å². The first-order valence-corrected chi connectivity index (χ1v) is 17.0. The molecule has 1 amide bonds. The Balaban J connectivity index is 1.39. The summed E-state index contributed by atoms with van der Waals surface area (Å²) in [6.45, 7) is 10.7. The molecule has 1 aromatic heterocycles. The number of hydrogen-bond donors (Lipinski definition) is 1. The van der Waals surface area contributed by atoms with E-state index in [4.69, 9.17) is 0 Å². The predicted octanol–water partition coefficient (Wildman–Crippen LogP) is 8.23. The van der Waals surface area contributed by atoms with Gasteiger partial charge in [-0.15, -0.1) is 0 Å². The fourth-order valence-electron chi connectivity index (χ4n) is 5.38. The Kier molecular flexibility index (Phi) is 18.8. The topological polar surface area (TPSA) is 48.5 Å². The third-order valence-electron chi connectivity index (χ3n) is 7.68. The second kappa shape index (κ2) is 21.7. The number of unbranched alkanes of at least 4 members (excludes halogenated alkanes) is 15. The van der Waals surface area contributed by atoms with E-state index >= 15 is 0 Å². The Morgan fingerprint density at radius 3 is 1.74 bits per heavy atom. The molecule has 0 radical (unpaired) electrons. The number of anilines is 1. The minimum atomic E-state index is 0.000425. The molecule has 2 rings (SSSR count). The molecule has 1 aliphatic heterocycles. The number of halogens is 1. The Morgan fingerprint density at radius 2 is 1.29 bits per heavy atom. The van der Waals surface area contributed by atoms with E-state index in [1.807, 2.05) is 12.1 Å². The van der Waals surface area contributed by atoms with Crippen LogP contribution in [0.5, 0.6) is 0 Å². The number of alkyl halides is 1. The van der Waals surface area contributed by atoms with Gasteiger partial charge in [0.1, 0.15) is 5.82 Å². The third-order valence-corrected chi connectivity index (χ3v) is 8.24. The number of hydrogen-bond acceptors (Lipinski definition) is 4. The predicted molar refractivity (Wildman–Crippen MR) is 168 cm³/mol. The molecule has 5 nitrogen and oxygen atoms in total. The average molecular weight is 594 g/mol. The molecular weight excluding hydrogens is 536 g/mol. The van der Waals surface area contributed by atoms with Crippen LogP contribution in [0.1, 0.15) is 127 Å². The molecule has 0 unspecified atom stereocenters. The van der Waals surface area contributed by atoms with Crippen molar-refractivity contribution >= 4 is 27.7 Å². The molecule has 0 atom stereocenters. The lowest BCUT2D eigenvalue weighted by atomic mass is 10.0. The Morgan fingerprint density at radius 1 is 0.789 bits per heavy atom. The van der Waals surface area contributed by atoms with Crippen LogP contribution in [0.3, 0.4) is 0 Å². The Labute approximate surface area is 243 Å². The highest BCUT2D eigenvalue weighted by molar-refractivity contribution is 9.09. The number of aromatic nitrogens is 1. The van der Waals surface area contributed by atoms with E-state index in [1.54, 1.807) is 6.20 Å². The number of nitrogens with zero attached hydrogens (tertiary/aromatic N) is 3. The quantitative estimate of drug-likeness (QED) is 0.109. The SMILES string of the molecule is CC(C)CN1CCN(c2ccc(C(=O)NCCCCCCCCCCCCCCCCCCBr)cn2)CC1. The molecule has 38 heavy (non-hydrogen) atoms. The molecule has 218 valence electrons. The highest BCUT2D eigenvalue weighted by Crippen LogP contribution is 2.16. The third kappa shape index (κ3) is 15.5. The molecule has 2 heterocycles. The summed E-state index contributed by atoms with van der Waals surface area (Å²) in [6, 6.07) is 3.92. The van der Waals surface area contributed by atoms with Crippen molar-refractivity contribution in [3.63, 3.8) is 0 Å². The van der Waals surface area contributed by atoms with Gasteiger partial charge in [-0.3, -0.25) is 9.69 Å². The summed E-state index contributed by atoms with van der Waals surface area (Å²) >= 11 is 3.51. The second-order valence-corrected chi connectivity index (χ2v) is 12.5. The van der Waals surface area contributed by atoms with E-state index < -0.39 is 0 Å². The maximum atomic E-state index is 12.5. The lowest BCUT2D eigenvalue weighted by Gasteiger charge is -2.36. The van der Waals surface area contributed by atoms with E-state index in [0.717, 1.165) is 50.3 Å². The van der Waals surface area contributed by atoms with Gasteiger partial charge in [0.15, 0.2) is 0 Å². The number of piperazine rings is 1. The van der Waals surface area contributed by atoms with E-state index in [0.29, 0.717) is 11.5 Å². The zero-order chi connectivity index (χ0) is 27.3. The van der Waals surface area contributed by atoms with Crippen molar-refractivity contribution < 1.29 is 4.79 Å². The van der Waals surface area contributed by atoms with Gasteiger partial charge in [-0.05, 0) is 30.9 Å². The minimum Gasteiger partial charge on any atom is -0.354 e. The summed E-state index contributed by atoms with van der Waals surface area (Å²) in [7, 11) is 0. The molecule has 0 spiro atoms. The van der Waals surface area contributed by atoms with Crippen LogP contribution in [-0.2, 0) is 0 Å². The molecule has 1 fully saturated rings. The standard InChI is InChI=1S/C32H57BrN4O/c1-29(2)28-36-23-25-37(26-24-36)31-20-19-30(27-35-31)32(38)34-22-18-16-14-12-10-8-6-4-3-5-7-9-11-13-15-17-21-33/h19-20,27,29H,3-18,21-26,28H2,1-2H3,(H,34,38). The molecule has 0 aromatic carbocycles. The number of pyridine rings is 1. The van der Waals surface area contributed by atoms with Gasteiger partial charge in [-0.1, -0.05) is 120 Å². The molecule has 1 aromatic rings. The zero-order valence-electron chi connectivity index (χ0n) is 24.7. The van der Waals surface area contributed by atoms with E-state index in [2.05, 4.69) is 49.9 Å². The van der Waals surface area contributed by atoms with Crippen molar-refractivity contribution in [3.8, 4) is 0 Å². The van der Waals surface area contributed by atoms with Crippen LogP contribution in [0.4, 0.5) is 5.82 Å². The van der Waals surface area contributed by atoms with Gasteiger partial charge >= 0.3 is 0 Å². The van der Waals surface area contributed by atoms with Gasteiger partial charge in [0, 0.05) is 50.8 Å². The van der Waals surface area contributed by atoms with Gasteiger partial charge in [-0.25, -0.2) is 4.98 Å². The largest absolute Gasteiger partial charge is 0.354 e. The van der Waals surface area contributed by atoms with E-state index in [1.165, 1.54) is 103 Å². The van der Waals surface area contributed by atoms with Gasteiger partial charge in [-0.2, -0.15) is 0 Å². The number of carbonyl (C=O) groups excluding carboxylic acids is 1. The van der Waals surface area contributed by atoms with Crippen molar-refractivity contribution in [2.75, 3.05) is 49.5 Å². The molecular formula is C32H57BrN4O. The van der Waals surface area contributed by atoms with Crippen LogP contribution in [0.25, 0.3) is 0 Å². The molecule has 1 aliphatic rings. The second-order valence-electron chi connectivity index (χ2n) is 11.7. The molecule has 0 aliphatic carbocycles. The highest BCUT2D eigenvalue weighted by Gasteiger charge is 2.18. The van der Waals surface area contributed by atoms with E-state index in [-0.39, 0.29) is 5.91 Å². The van der Waals surface area contributed by atoms with Crippen molar-refractivity contribution in [1.29, 1.82) is 0 Å². The van der Waals surface area contributed by atoms with Crippen LogP contribution in [0.15, 0.2) is 18.3 Å². The molecule has 6 heteroatoms. The Hall–Kier alpha value is -1.14. The number of carbonyl (C=O) groups is 1. The maximum absolute atomic E-state index is 12.5. The van der Waals surface area contributed by atoms with Crippen LogP contribution in [-0.4, -0.2) is 60.4 Å². The molecule has 0 bridgehead atoms. The Bertz CT molecular complexity index is 704. The van der Waals surface area contributed by atoms with Gasteiger partial charge in [0.05, 0.1) is 5.56 Å². The van der Waals surface area contributed by atoms with Crippen molar-refractivity contribution in [2.24, 2.45) is 5.92 Å². The average Bonchev–Trinajstić information content (AvgIpc) is 2.92. The number of nitrogens with one attached hydrogen (secondary N) is 1. The van der Waals surface area contributed by atoms with Crippen LogP contribution in [0.2, 0.25) is 0 Å². The number of rotatable bonds is 22. The highest BCUT2D eigenvalue weighted by atomic mass is 79.9. The first kappa shape index (κ1) is 33.1. The first-order chi connectivity index (χ1) is 18.6. The smallest absolute Gasteiger partial charge is 0.252 e. The number of amides is 1. The molecule has 0 saturated carbocycles. The van der Waals surface area contributed by atoms with Gasteiger partial charge in [0.2, 0.25) is 0 Å². The summed E-state index contributed by atoms with van der Waals surface area (Å²) in [4.78, 5) is 21.9. The maximum Gasteiger partial charge on any atom is 0.252 e. The van der Waals surface area contributed by atoms with Crippen molar-refractivity contribution in [2.45, 2.75) is 117 Å². The van der Waals surface area contributed by atoms with Gasteiger partial charge in [0.25, 0.3) is 5.91 Å². The zero-order valence-corrected chi connectivity index (χ0v) is 26.3. The van der Waals surface area contributed by atoms with E-state index in [9.17, 15) is 4.79 Å². The fourth-order valence-corrected chi connectivity index (χ4v) is 5.78. The van der Waals surface area contributed by atoms with Crippen LogP contribution >= 0.6 is 15.9 Å². The molecule has 1 saturated heterocycles. The summed E-state index contributed by atoms with van der Waals surface area (Å²) in [5, 5.41) is 4.24. The van der Waals surface area contributed by atoms with Crippen molar-refractivity contribution in [1.82, 2.24) is 15.2 Å². The summed E-state index contributed by atoms with van der Waals surface area (Å²) in [6.07, 6.45) is 23.5. The summed E-state index contributed by atoms with van der Waals surface area (Å²) in [5.41, 5.74) is 0.664. The minimum absolute atomic E-state index is 0.000425. The van der Waals surface area contributed by atoms with Crippen LogP contribution < -0.4 is 10.2 Å². The monoisotopic (exact) mass is 592 g/mol. The summed E-state index contributed by atoms with van der Waals surface area (Å²) in [5.74, 6) is 1.69. The fraction of sp³-hybridized carbons (Fsp3) is 0.812. The van der Waals surface area contributed by atoms with Gasteiger partial charge < -0.3 is 10.2 Å². The molecule has 1 N–H and O–H groups in total. The van der Waals surface area contributed by atoms with Crippen LogP contribution in [0, 0.1) is 5.92 Å². The summed E-state index contributed by atoms with van der Waals surface area (Å²) < 4.78 is 0.